The molecule has 3 heteroatoms. The smallest absolute Gasteiger partial charge is 0.251 e. The number of rotatable bonds is 7. The Hall–Kier alpha value is -1.51. The Balaban J connectivity index is 1.82. The quantitative estimate of drug-likeness (QED) is 0.793. The largest absolute Gasteiger partial charge is 0.383 e. The Morgan fingerprint density at radius 2 is 1.80 bits per heavy atom. The first-order chi connectivity index (χ1) is 9.54. The lowest BCUT2D eigenvalue weighted by molar-refractivity contribution is 0.0951. The fourth-order valence-electron chi connectivity index (χ4n) is 2.15. The maximum atomic E-state index is 11.9. The summed E-state index contributed by atoms with van der Waals surface area (Å²) in [6, 6.07) is 8.66. The molecule has 110 valence electrons. The number of hydrogen-bond donors (Lipinski definition) is 2. The topological polar surface area (TPSA) is 41.1 Å². The first-order valence-electron chi connectivity index (χ1n) is 7.72. The van der Waals surface area contributed by atoms with Crippen molar-refractivity contribution in [2.75, 3.05) is 5.32 Å². The van der Waals surface area contributed by atoms with E-state index >= 15 is 0 Å². The summed E-state index contributed by atoms with van der Waals surface area (Å²) in [7, 11) is 0. The van der Waals surface area contributed by atoms with Gasteiger partial charge in [0.15, 0.2) is 0 Å². The maximum absolute atomic E-state index is 11.9. The molecular formula is C17H26N2O. The van der Waals surface area contributed by atoms with Crippen LogP contribution in [0, 0.1) is 5.92 Å². The molecule has 2 rings (SSSR count). The first kappa shape index (κ1) is 14.9. The van der Waals surface area contributed by atoms with Crippen molar-refractivity contribution in [3.63, 3.8) is 0 Å². The van der Waals surface area contributed by atoms with Gasteiger partial charge in [0, 0.05) is 23.3 Å². The van der Waals surface area contributed by atoms with Gasteiger partial charge >= 0.3 is 0 Å². The first-order valence-corrected chi connectivity index (χ1v) is 7.72. The summed E-state index contributed by atoms with van der Waals surface area (Å²) in [6.45, 7) is 6.70. The average Bonchev–Trinajstić information content (AvgIpc) is 3.21. The van der Waals surface area contributed by atoms with Gasteiger partial charge in [-0.2, -0.15) is 0 Å². The summed E-state index contributed by atoms with van der Waals surface area (Å²) >= 11 is 0. The van der Waals surface area contributed by atoms with E-state index in [9.17, 15) is 4.79 Å². The van der Waals surface area contributed by atoms with Crippen LogP contribution in [0.4, 0.5) is 5.69 Å². The molecule has 1 unspecified atom stereocenters. The standard InChI is InChI=1S/C17H26N2O/c1-12(2)4-5-13(3)18-15-8-6-14(7-9-15)17(20)19-16-10-11-16/h6-9,12-13,16,18H,4-5,10-11H2,1-3H3,(H,19,20). The van der Waals surface area contributed by atoms with Gasteiger partial charge in [-0.25, -0.2) is 0 Å². The van der Waals surface area contributed by atoms with E-state index in [2.05, 4.69) is 31.4 Å². The Labute approximate surface area is 122 Å². The minimum Gasteiger partial charge on any atom is -0.383 e. The zero-order valence-corrected chi connectivity index (χ0v) is 12.8. The van der Waals surface area contributed by atoms with E-state index < -0.39 is 0 Å². The molecule has 0 spiro atoms. The molecule has 1 atom stereocenters. The second kappa shape index (κ2) is 6.78. The summed E-state index contributed by atoms with van der Waals surface area (Å²) in [4.78, 5) is 11.9. The maximum Gasteiger partial charge on any atom is 0.251 e. The van der Waals surface area contributed by atoms with E-state index in [0.717, 1.165) is 30.0 Å². The van der Waals surface area contributed by atoms with E-state index in [1.807, 2.05) is 24.3 Å². The lowest BCUT2D eigenvalue weighted by Crippen LogP contribution is -2.25. The van der Waals surface area contributed by atoms with E-state index in [1.165, 1.54) is 12.8 Å². The second-order valence-electron chi connectivity index (χ2n) is 6.34. The van der Waals surface area contributed by atoms with Crippen LogP contribution in [-0.4, -0.2) is 18.0 Å². The van der Waals surface area contributed by atoms with Crippen molar-refractivity contribution in [3.8, 4) is 0 Å². The van der Waals surface area contributed by atoms with E-state index in [1.54, 1.807) is 0 Å². The fraction of sp³-hybridized carbons (Fsp3) is 0.588. The van der Waals surface area contributed by atoms with Crippen LogP contribution in [0.15, 0.2) is 24.3 Å². The highest BCUT2D eigenvalue weighted by Crippen LogP contribution is 2.20. The zero-order chi connectivity index (χ0) is 14.5. The Morgan fingerprint density at radius 1 is 1.15 bits per heavy atom. The van der Waals surface area contributed by atoms with Gasteiger partial charge in [-0.3, -0.25) is 4.79 Å². The number of hydrogen-bond acceptors (Lipinski definition) is 2. The third-order valence-corrected chi connectivity index (χ3v) is 3.65. The number of nitrogens with one attached hydrogen (secondary N) is 2. The number of benzene rings is 1. The second-order valence-corrected chi connectivity index (χ2v) is 6.34. The molecule has 0 aliphatic heterocycles. The number of carbonyl (C=O) groups excluding carboxylic acids is 1. The molecule has 1 aliphatic carbocycles. The van der Waals surface area contributed by atoms with Crippen molar-refractivity contribution in [2.24, 2.45) is 5.92 Å². The van der Waals surface area contributed by atoms with Gasteiger partial charge in [0.2, 0.25) is 0 Å². The van der Waals surface area contributed by atoms with Crippen molar-refractivity contribution in [1.29, 1.82) is 0 Å². The van der Waals surface area contributed by atoms with Gasteiger partial charge in [0.25, 0.3) is 5.91 Å². The van der Waals surface area contributed by atoms with Gasteiger partial charge < -0.3 is 10.6 Å². The Morgan fingerprint density at radius 3 is 2.35 bits per heavy atom. The fourth-order valence-corrected chi connectivity index (χ4v) is 2.15. The molecule has 0 saturated heterocycles. The molecule has 2 N–H and O–H groups in total. The average molecular weight is 274 g/mol. The number of amides is 1. The molecule has 3 nitrogen and oxygen atoms in total. The Bertz CT molecular complexity index is 435. The highest BCUT2D eigenvalue weighted by molar-refractivity contribution is 5.94. The predicted molar refractivity (Wildman–Crippen MR) is 84.1 cm³/mol. The minimum atomic E-state index is 0.0481. The molecule has 1 aliphatic rings. The lowest BCUT2D eigenvalue weighted by atomic mass is 10.0. The summed E-state index contributed by atoms with van der Waals surface area (Å²) < 4.78 is 0. The normalized spacial score (nSPS) is 16.0. The molecule has 0 heterocycles. The highest BCUT2D eigenvalue weighted by Gasteiger charge is 2.23. The third-order valence-electron chi connectivity index (χ3n) is 3.65. The van der Waals surface area contributed by atoms with Gasteiger partial charge in [-0.15, -0.1) is 0 Å². The molecule has 1 saturated carbocycles. The van der Waals surface area contributed by atoms with Crippen LogP contribution in [0.1, 0.15) is 56.8 Å². The number of carbonyl (C=O) groups is 1. The number of anilines is 1. The SMILES string of the molecule is CC(C)CCC(C)Nc1ccc(C(=O)NC2CC2)cc1. The predicted octanol–water partition coefficient (Wildman–Crippen LogP) is 3.82. The highest BCUT2D eigenvalue weighted by atomic mass is 16.1. The molecular weight excluding hydrogens is 248 g/mol. The van der Waals surface area contributed by atoms with E-state index in [4.69, 9.17) is 0 Å². The molecule has 20 heavy (non-hydrogen) atoms. The summed E-state index contributed by atoms with van der Waals surface area (Å²) in [5.74, 6) is 0.791. The van der Waals surface area contributed by atoms with Crippen LogP contribution in [-0.2, 0) is 0 Å². The molecule has 0 aromatic heterocycles. The van der Waals surface area contributed by atoms with Crippen LogP contribution in [0.25, 0.3) is 0 Å². The molecule has 1 fully saturated rings. The van der Waals surface area contributed by atoms with E-state index in [0.29, 0.717) is 12.1 Å². The molecule has 0 bridgehead atoms. The van der Waals surface area contributed by atoms with Gasteiger partial charge in [0.05, 0.1) is 0 Å². The van der Waals surface area contributed by atoms with Gasteiger partial charge in [-0.1, -0.05) is 13.8 Å². The summed E-state index contributed by atoms with van der Waals surface area (Å²) in [5, 5.41) is 6.49. The molecule has 1 aromatic carbocycles. The van der Waals surface area contributed by atoms with Gasteiger partial charge in [-0.05, 0) is 62.8 Å². The molecule has 0 radical (unpaired) electrons. The lowest BCUT2D eigenvalue weighted by Gasteiger charge is -2.16. The molecule has 1 aromatic rings. The van der Waals surface area contributed by atoms with Crippen LogP contribution < -0.4 is 10.6 Å². The van der Waals surface area contributed by atoms with Crippen molar-refractivity contribution in [3.05, 3.63) is 29.8 Å². The zero-order valence-electron chi connectivity index (χ0n) is 12.8. The van der Waals surface area contributed by atoms with Crippen molar-refractivity contribution >= 4 is 11.6 Å². The van der Waals surface area contributed by atoms with Crippen molar-refractivity contribution in [2.45, 2.75) is 58.5 Å². The van der Waals surface area contributed by atoms with Crippen molar-refractivity contribution < 1.29 is 4.79 Å². The summed E-state index contributed by atoms with van der Waals surface area (Å²) in [6.07, 6.45) is 4.65. The minimum absolute atomic E-state index is 0.0481. The molecule has 1 amide bonds. The van der Waals surface area contributed by atoms with E-state index in [-0.39, 0.29) is 5.91 Å². The van der Waals surface area contributed by atoms with Crippen LogP contribution in [0.5, 0.6) is 0 Å². The summed E-state index contributed by atoms with van der Waals surface area (Å²) in [5.41, 5.74) is 1.83. The van der Waals surface area contributed by atoms with Crippen molar-refractivity contribution in [1.82, 2.24) is 5.32 Å². The monoisotopic (exact) mass is 274 g/mol. The van der Waals surface area contributed by atoms with Gasteiger partial charge in [0.1, 0.15) is 0 Å². The van der Waals surface area contributed by atoms with Crippen LogP contribution >= 0.6 is 0 Å². The third kappa shape index (κ3) is 4.87. The van der Waals surface area contributed by atoms with Crippen LogP contribution in [0.2, 0.25) is 0 Å². The Kier molecular flexibility index (Phi) is 5.05. The van der Waals surface area contributed by atoms with Crippen LogP contribution in [0.3, 0.4) is 0 Å².